The van der Waals surface area contributed by atoms with Gasteiger partial charge in [-0.1, -0.05) is 12.8 Å². The molecule has 3 aliphatic rings. The number of thioether (sulfide) groups is 1. The lowest BCUT2D eigenvalue weighted by molar-refractivity contribution is -0.146. The van der Waals surface area contributed by atoms with Crippen LogP contribution < -0.4 is 5.73 Å². The second kappa shape index (κ2) is 7.43. The molecule has 0 radical (unpaired) electrons. The molecule has 2 atom stereocenters. The van der Waals surface area contributed by atoms with Crippen molar-refractivity contribution in [2.75, 3.05) is 24.7 Å². The largest absolute Gasteiger partial charge is 0.341 e. The molecule has 1 aliphatic carbocycles. The second-order valence-electron chi connectivity index (χ2n) is 7.33. The van der Waals surface area contributed by atoms with Gasteiger partial charge >= 0.3 is 0 Å². The molecule has 2 saturated heterocycles. The van der Waals surface area contributed by atoms with E-state index in [0.29, 0.717) is 11.8 Å². The van der Waals surface area contributed by atoms with Crippen molar-refractivity contribution < 1.29 is 9.59 Å². The third-order valence-electron chi connectivity index (χ3n) is 5.75. The van der Waals surface area contributed by atoms with E-state index >= 15 is 0 Å². The number of carbonyl (C=O) groups is 2. The molecule has 2 N–H and O–H groups in total. The van der Waals surface area contributed by atoms with Crippen molar-refractivity contribution in [3.63, 3.8) is 0 Å². The lowest BCUT2D eigenvalue weighted by atomic mass is 9.90. The first-order valence-electron chi connectivity index (χ1n) is 9.00. The number of rotatable bonds is 3. The first-order chi connectivity index (χ1) is 11.1. The average molecular weight is 340 g/mol. The number of nitrogens with zero attached hydrogens (tertiary/aromatic N) is 2. The van der Waals surface area contributed by atoms with Crippen molar-refractivity contribution >= 4 is 23.6 Å². The second-order valence-corrected chi connectivity index (χ2v) is 8.33. The summed E-state index contributed by atoms with van der Waals surface area (Å²) in [5, 5.41) is 0. The van der Waals surface area contributed by atoms with E-state index in [1.807, 2.05) is 9.80 Å². The van der Waals surface area contributed by atoms with Crippen LogP contribution in [0, 0.1) is 11.8 Å². The minimum Gasteiger partial charge on any atom is -0.341 e. The third-order valence-corrected chi connectivity index (χ3v) is 6.76. The summed E-state index contributed by atoms with van der Waals surface area (Å²) >= 11 is 1.71. The van der Waals surface area contributed by atoms with Crippen LogP contribution in [0.3, 0.4) is 0 Å². The van der Waals surface area contributed by atoms with Gasteiger partial charge in [-0.25, -0.2) is 0 Å². The van der Waals surface area contributed by atoms with E-state index < -0.39 is 0 Å². The Morgan fingerprint density at radius 3 is 2.35 bits per heavy atom. The highest BCUT2D eigenvalue weighted by atomic mass is 32.2. The minimum atomic E-state index is -0.236. The number of amides is 2. The average Bonchev–Trinajstić information content (AvgIpc) is 3.25. The van der Waals surface area contributed by atoms with Gasteiger partial charge in [-0.15, -0.1) is 11.8 Å². The van der Waals surface area contributed by atoms with Crippen molar-refractivity contribution in [3.05, 3.63) is 0 Å². The fraction of sp³-hybridized carbons (Fsp3) is 0.882. The van der Waals surface area contributed by atoms with E-state index in [-0.39, 0.29) is 29.8 Å². The van der Waals surface area contributed by atoms with E-state index in [0.717, 1.165) is 57.4 Å². The van der Waals surface area contributed by atoms with Gasteiger partial charge in [0.25, 0.3) is 0 Å². The van der Waals surface area contributed by atoms with Gasteiger partial charge in [0, 0.05) is 30.8 Å². The summed E-state index contributed by atoms with van der Waals surface area (Å²) in [6.45, 7) is 3.63. The van der Waals surface area contributed by atoms with Crippen molar-refractivity contribution in [1.82, 2.24) is 9.80 Å². The summed E-state index contributed by atoms with van der Waals surface area (Å²) in [7, 11) is 0. The van der Waals surface area contributed by atoms with Crippen molar-refractivity contribution in [2.24, 2.45) is 17.6 Å². The van der Waals surface area contributed by atoms with Crippen molar-refractivity contribution in [1.29, 1.82) is 0 Å². The third kappa shape index (κ3) is 3.68. The first-order valence-corrected chi connectivity index (χ1v) is 10.2. The number of hydrogen-bond donors (Lipinski definition) is 1. The van der Waals surface area contributed by atoms with Crippen LogP contribution >= 0.6 is 11.8 Å². The minimum absolute atomic E-state index is 0.157. The predicted molar refractivity (Wildman–Crippen MR) is 92.9 cm³/mol. The summed E-state index contributed by atoms with van der Waals surface area (Å²) in [5.41, 5.74) is 5.98. The van der Waals surface area contributed by atoms with Crippen LogP contribution in [-0.2, 0) is 9.59 Å². The van der Waals surface area contributed by atoms with Gasteiger partial charge in [-0.3, -0.25) is 9.59 Å². The zero-order valence-corrected chi connectivity index (χ0v) is 14.9. The molecule has 3 fully saturated rings. The number of hydrogen-bond acceptors (Lipinski definition) is 4. The van der Waals surface area contributed by atoms with Gasteiger partial charge in [0.2, 0.25) is 11.8 Å². The molecule has 3 rings (SSSR count). The number of piperidine rings is 1. The van der Waals surface area contributed by atoms with Gasteiger partial charge in [0.15, 0.2) is 0 Å². The quantitative estimate of drug-likeness (QED) is 0.849. The molecule has 2 amide bonds. The summed E-state index contributed by atoms with van der Waals surface area (Å²) in [6, 6.07) is -0.0327. The Morgan fingerprint density at radius 2 is 1.74 bits per heavy atom. The fourth-order valence-electron chi connectivity index (χ4n) is 4.13. The van der Waals surface area contributed by atoms with Crippen LogP contribution in [0.5, 0.6) is 0 Å². The van der Waals surface area contributed by atoms with Gasteiger partial charge in [0.1, 0.15) is 6.04 Å². The Balaban J connectivity index is 1.59. The van der Waals surface area contributed by atoms with Crippen LogP contribution in [0.15, 0.2) is 0 Å². The van der Waals surface area contributed by atoms with Crippen molar-refractivity contribution in [2.45, 2.75) is 57.5 Å². The fourth-order valence-corrected chi connectivity index (χ4v) is 5.28. The number of carbonyl (C=O) groups excluding carboxylic acids is 2. The molecule has 0 bridgehead atoms. The monoisotopic (exact) mass is 339 g/mol. The summed E-state index contributed by atoms with van der Waals surface area (Å²) < 4.78 is 0. The van der Waals surface area contributed by atoms with Crippen LogP contribution in [-0.4, -0.2) is 58.4 Å². The Bertz CT molecular complexity index is 443. The Hall–Kier alpha value is -0.750. The smallest absolute Gasteiger partial charge is 0.246 e. The molecule has 5 nitrogen and oxygen atoms in total. The van der Waals surface area contributed by atoms with E-state index in [1.165, 1.54) is 0 Å². The molecule has 2 heterocycles. The van der Waals surface area contributed by atoms with Gasteiger partial charge in [-0.05, 0) is 38.5 Å². The highest BCUT2D eigenvalue weighted by Gasteiger charge is 2.40. The molecule has 0 spiro atoms. The molecule has 23 heavy (non-hydrogen) atoms. The first kappa shape index (κ1) is 17.1. The predicted octanol–water partition coefficient (Wildman–Crippen LogP) is 1.66. The maximum atomic E-state index is 12.9. The van der Waals surface area contributed by atoms with E-state index in [9.17, 15) is 9.59 Å². The Labute approximate surface area is 143 Å². The number of nitrogens with two attached hydrogens (primary N) is 1. The highest BCUT2D eigenvalue weighted by Crippen LogP contribution is 2.32. The molecule has 0 aromatic rings. The maximum absolute atomic E-state index is 12.9. The van der Waals surface area contributed by atoms with Gasteiger partial charge in [0.05, 0.1) is 5.88 Å². The lowest BCUT2D eigenvalue weighted by Crippen LogP contribution is -2.52. The van der Waals surface area contributed by atoms with Crippen LogP contribution in [0.1, 0.15) is 45.4 Å². The zero-order chi connectivity index (χ0) is 16.4. The summed E-state index contributed by atoms with van der Waals surface area (Å²) in [5.74, 6) is 2.49. The molecule has 1 saturated carbocycles. The zero-order valence-electron chi connectivity index (χ0n) is 14.1. The number of likely N-dealkylation sites (tertiary alicyclic amines) is 1. The SMILES string of the molecule is CC(N)C1CCN(C(=O)C2CSCN2C(=O)C2CCCC2)CC1. The van der Waals surface area contributed by atoms with Crippen LogP contribution in [0.25, 0.3) is 0 Å². The lowest BCUT2D eigenvalue weighted by Gasteiger charge is -2.36. The van der Waals surface area contributed by atoms with Gasteiger partial charge < -0.3 is 15.5 Å². The normalized spacial score (nSPS) is 28.3. The summed E-state index contributed by atoms with van der Waals surface area (Å²) in [4.78, 5) is 29.4. The molecule has 2 aliphatic heterocycles. The molecule has 2 unspecified atom stereocenters. The molecule has 130 valence electrons. The standard InChI is InChI=1S/C17H29N3O2S/c1-12(18)13-6-8-19(9-7-13)17(22)15-10-23-11-20(15)16(21)14-4-2-3-5-14/h12-15H,2-11,18H2,1H3. The Morgan fingerprint density at radius 1 is 1.09 bits per heavy atom. The van der Waals surface area contributed by atoms with E-state index in [4.69, 9.17) is 5.73 Å². The molecular formula is C17H29N3O2S. The van der Waals surface area contributed by atoms with Gasteiger partial charge in [-0.2, -0.15) is 0 Å². The topological polar surface area (TPSA) is 66.6 Å². The van der Waals surface area contributed by atoms with Crippen molar-refractivity contribution in [3.8, 4) is 0 Å². The molecule has 0 aromatic carbocycles. The highest BCUT2D eigenvalue weighted by molar-refractivity contribution is 7.99. The molecule has 0 aromatic heterocycles. The summed E-state index contributed by atoms with van der Waals surface area (Å²) in [6.07, 6.45) is 6.28. The van der Waals surface area contributed by atoms with E-state index in [2.05, 4.69) is 6.92 Å². The van der Waals surface area contributed by atoms with Crippen LogP contribution in [0.4, 0.5) is 0 Å². The maximum Gasteiger partial charge on any atom is 0.246 e. The van der Waals surface area contributed by atoms with Crippen LogP contribution in [0.2, 0.25) is 0 Å². The van der Waals surface area contributed by atoms with E-state index in [1.54, 1.807) is 11.8 Å². The Kier molecular flexibility index (Phi) is 5.52. The molecular weight excluding hydrogens is 310 g/mol. The molecule has 6 heteroatoms.